The minimum Gasteiger partial charge on any atom is -0.343 e. The molecular weight excluding hydrogens is 409 g/mol. The van der Waals surface area contributed by atoms with Crippen molar-refractivity contribution in [3.63, 3.8) is 0 Å². The summed E-state index contributed by atoms with van der Waals surface area (Å²) in [4.78, 5) is 27.0. The number of aromatic nitrogens is 3. The number of carbonyl (C=O) groups is 2. The molecule has 2 aliphatic rings. The first-order chi connectivity index (χ1) is 14.0. The molecule has 0 radical (unpaired) electrons. The number of Topliss-reactive ketones (excluding diaryl/α,β-unsaturated/α-hetero) is 1. The topological polar surface area (TPSA) is 80.1 Å². The highest BCUT2D eigenvalue weighted by Crippen LogP contribution is 2.28. The molecule has 2 aliphatic heterocycles. The molecule has 1 N–H and O–H groups in total. The second-order valence-corrected chi connectivity index (χ2v) is 7.94. The minimum absolute atomic E-state index is 0. The lowest BCUT2D eigenvalue weighted by Crippen LogP contribution is -2.40. The fourth-order valence-corrected chi connectivity index (χ4v) is 4.21. The van der Waals surface area contributed by atoms with Crippen LogP contribution in [-0.4, -0.2) is 51.0 Å². The van der Waals surface area contributed by atoms with Crippen molar-refractivity contribution in [1.82, 2.24) is 25.0 Å². The van der Waals surface area contributed by atoms with Gasteiger partial charge in [0.15, 0.2) is 5.78 Å². The Balaban J connectivity index is 0.00000256. The lowest BCUT2D eigenvalue weighted by Gasteiger charge is -2.32. The maximum atomic E-state index is 13.4. The number of hydrogen-bond acceptors (Lipinski definition) is 5. The molecule has 1 saturated heterocycles. The number of hydrogen-bond donors (Lipinski definition) is 1. The van der Waals surface area contributed by atoms with E-state index in [-0.39, 0.29) is 30.5 Å². The van der Waals surface area contributed by atoms with Gasteiger partial charge < -0.3 is 14.8 Å². The van der Waals surface area contributed by atoms with E-state index in [1.165, 1.54) is 18.2 Å². The molecule has 4 rings (SSSR count). The fraction of sp³-hybridized carbons (Fsp3) is 0.524. The highest BCUT2D eigenvalue weighted by atomic mass is 35.5. The van der Waals surface area contributed by atoms with Crippen molar-refractivity contribution in [2.24, 2.45) is 5.92 Å². The first-order valence-corrected chi connectivity index (χ1v) is 10.2. The zero-order valence-corrected chi connectivity index (χ0v) is 17.8. The fourth-order valence-electron chi connectivity index (χ4n) is 4.21. The normalized spacial score (nSPS) is 17.7. The highest BCUT2D eigenvalue weighted by Gasteiger charge is 2.30. The van der Waals surface area contributed by atoms with E-state index in [2.05, 4.69) is 20.1 Å². The number of nitrogens with one attached hydrogen (secondary N) is 1. The Morgan fingerprint density at radius 2 is 2.00 bits per heavy atom. The number of amides is 1. The summed E-state index contributed by atoms with van der Waals surface area (Å²) in [5.74, 6) is 1.19. The van der Waals surface area contributed by atoms with Crippen LogP contribution in [0.3, 0.4) is 0 Å². The third-order valence-corrected chi connectivity index (χ3v) is 5.90. The van der Waals surface area contributed by atoms with Crippen molar-refractivity contribution in [2.75, 3.05) is 19.6 Å². The zero-order valence-electron chi connectivity index (χ0n) is 17.0. The van der Waals surface area contributed by atoms with Crippen LogP contribution in [0.5, 0.6) is 0 Å². The monoisotopic (exact) mass is 435 g/mol. The van der Waals surface area contributed by atoms with Crippen LogP contribution < -0.4 is 5.32 Å². The molecule has 7 nitrogen and oxygen atoms in total. The van der Waals surface area contributed by atoms with Crippen LogP contribution in [0.15, 0.2) is 24.3 Å². The van der Waals surface area contributed by atoms with E-state index < -0.39 is 11.7 Å². The average Bonchev–Trinajstić information content (AvgIpc) is 3.17. The van der Waals surface area contributed by atoms with Crippen LogP contribution in [0.2, 0.25) is 0 Å². The molecular formula is C21H27ClFN5O2. The molecule has 1 fully saturated rings. The van der Waals surface area contributed by atoms with E-state index in [1.807, 2.05) is 4.90 Å². The first-order valence-electron chi connectivity index (χ1n) is 10.2. The molecule has 3 heterocycles. The van der Waals surface area contributed by atoms with Gasteiger partial charge in [-0.1, -0.05) is 19.1 Å². The van der Waals surface area contributed by atoms with Crippen molar-refractivity contribution < 1.29 is 14.0 Å². The second kappa shape index (κ2) is 9.66. The molecule has 0 spiro atoms. The Labute approximate surface area is 181 Å². The number of rotatable bonds is 5. The molecule has 1 amide bonds. The van der Waals surface area contributed by atoms with Gasteiger partial charge in [0.1, 0.15) is 17.5 Å². The maximum Gasteiger partial charge on any atom is 0.223 e. The molecule has 1 unspecified atom stereocenters. The van der Waals surface area contributed by atoms with Gasteiger partial charge in [-0.3, -0.25) is 9.59 Å². The Morgan fingerprint density at radius 1 is 1.23 bits per heavy atom. The predicted octanol–water partition coefficient (Wildman–Crippen LogP) is 2.56. The largest absolute Gasteiger partial charge is 0.343 e. The highest BCUT2D eigenvalue weighted by molar-refractivity contribution is 5.99. The van der Waals surface area contributed by atoms with Crippen LogP contribution in [0.1, 0.15) is 54.1 Å². The molecule has 2 aromatic rings. The number of carbonyl (C=O) groups excluding carboxylic acids is 2. The Morgan fingerprint density at radius 3 is 2.73 bits per heavy atom. The Kier molecular flexibility index (Phi) is 7.20. The van der Waals surface area contributed by atoms with E-state index >= 15 is 0 Å². The van der Waals surface area contributed by atoms with Crippen LogP contribution >= 0.6 is 12.4 Å². The number of nitrogens with zero attached hydrogens (tertiary/aromatic N) is 4. The van der Waals surface area contributed by atoms with E-state index in [0.717, 1.165) is 44.1 Å². The number of benzene rings is 1. The van der Waals surface area contributed by atoms with E-state index in [1.54, 1.807) is 13.0 Å². The molecule has 30 heavy (non-hydrogen) atoms. The number of fused-ring (bicyclic) bond motifs is 1. The standard InChI is InChI=1S/C21H26FN5O2.ClH/c1-14(20(29)16-3-2-4-17(22)12-16)11-19(28)26-8-5-15(6-9-26)21-25-24-18-13-23-7-10-27(18)21;/h2-4,12,14-15,23H,5-11,13H2,1H3;1H. The van der Waals surface area contributed by atoms with Crippen LogP contribution in [-0.2, 0) is 17.9 Å². The van der Waals surface area contributed by atoms with Crippen molar-refractivity contribution in [1.29, 1.82) is 0 Å². The summed E-state index contributed by atoms with van der Waals surface area (Å²) in [5, 5.41) is 12.0. The van der Waals surface area contributed by atoms with Gasteiger partial charge >= 0.3 is 0 Å². The van der Waals surface area contributed by atoms with Gasteiger partial charge in [-0.15, -0.1) is 22.6 Å². The summed E-state index contributed by atoms with van der Waals surface area (Å²) in [5.41, 5.74) is 0.315. The number of halogens is 2. The average molecular weight is 436 g/mol. The molecule has 1 atom stereocenters. The van der Waals surface area contributed by atoms with E-state index in [4.69, 9.17) is 0 Å². The van der Waals surface area contributed by atoms with Gasteiger partial charge in [0.2, 0.25) is 5.91 Å². The SMILES string of the molecule is CC(CC(=O)N1CCC(c2nnc3n2CCNC3)CC1)C(=O)c1cccc(F)c1.Cl. The van der Waals surface area contributed by atoms with Gasteiger partial charge in [0, 0.05) is 50.0 Å². The van der Waals surface area contributed by atoms with Gasteiger partial charge in [-0.05, 0) is 25.0 Å². The van der Waals surface area contributed by atoms with Crippen molar-refractivity contribution in [3.8, 4) is 0 Å². The van der Waals surface area contributed by atoms with Crippen molar-refractivity contribution in [2.45, 2.75) is 45.2 Å². The molecule has 0 aliphatic carbocycles. The lowest BCUT2D eigenvalue weighted by atomic mass is 9.93. The Bertz CT molecular complexity index is 911. The molecule has 162 valence electrons. The smallest absolute Gasteiger partial charge is 0.223 e. The molecule has 1 aromatic carbocycles. The molecule has 1 aromatic heterocycles. The van der Waals surface area contributed by atoms with Gasteiger partial charge in [-0.2, -0.15) is 0 Å². The van der Waals surface area contributed by atoms with Crippen LogP contribution in [0, 0.1) is 11.7 Å². The third kappa shape index (κ3) is 4.70. The van der Waals surface area contributed by atoms with Gasteiger partial charge in [-0.25, -0.2) is 4.39 Å². The summed E-state index contributed by atoms with van der Waals surface area (Å²) in [6, 6.07) is 5.64. The summed E-state index contributed by atoms with van der Waals surface area (Å²) in [7, 11) is 0. The quantitative estimate of drug-likeness (QED) is 0.730. The number of likely N-dealkylation sites (tertiary alicyclic amines) is 1. The van der Waals surface area contributed by atoms with Crippen molar-refractivity contribution in [3.05, 3.63) is 47.3 Å². The van der Waals surface area contributed by atoms with Crippen LogP contribution in [0.25, 0.3) is 0 Å². The molecule has 0 bridgehead atoms. The first kappa shape index (κ1) is 22.4. The van der Waals surface area contributed by atoms with Crippen molar-refractivity contribution >= 4 is 24.1 Å². The Hall–Kier alpha value is -2.32. The minimum atomic E-state index is -0.474. The van der Waals surface area contributed by atoms with Crippen LogP contribution in [0.4, 0.5) is 4.39 Å². The summed E-state index contributed by atoms with van der Waals surface area (Å²) in [6.45, 7) is 5.61. The zero-order chi connectivity index (χ0) is 20.4. The van der Waals surface area contributed by atoms with E-state index in [9.17, 15) is 14.0 Å². The third-order valence-electron chi connectivity index (χ3n) is 5.90. The molecule has 9 heteroatoms. The lowest BCUT2D eigenvalue weighted by molar-refractivity contribution is -0.132. The maximum absolute atomic E-state index is 13.4. The van der Waals surface area contributed by atoms with Gasteiger partial charge in [0.05, 0.1) is 6.54 Å². The van der Waals surface area contributed by atoms with Gasteiger partial charge in [0.25, 0.3) is 0 Å². The number of ketones is 1. The summed E-state index contributed by atoms with van der Waals surface area (Å²) in [6.07, 6.45) is 1.85. The predicted molar refractivity (Wildman–Crippen MR) is 112 cm³/mol. The van der Waals surface area contributed by atoms with E-state index in [0.29, 0.717) is 24.6 Å². The second-order valence-electron chi connectivity index (χ2n) is 7.94. The number of piperidine rings is 1. The summed E-state index contributed by atoms with van der Waals surface area (Å²) >= 11 is 0. The molecule has 0 saturated carbocycles. The summed E-state index contributed by atoms with van der Waals surface area (Å²) < 4.78 is 15.6.